The molecule has 0 saturated carbocycles. The lowest BCUT2D eigenvalue weighted by molar-refractivity contribution is -0.119. The largest absolute Gasteiger partial charge is 0.273 e. The SMILES string of the molecule is Cc1ccc2c(c1)C1=NN(c3ccc(Cl)cc3)C(=O)CC1CS2(=O)=O. The summed E-state index contributed by atoms with van der Waals surface area (Å²) in [5.74, 6) is -0.708. The van der Waals surface area contributed by atoms with Crippen molar-refractivity contribution in [1.82, 2.24) is 0 Å². The number of benzene rings is 2. The molecule has 2 aliphatic heterocycles. The zero-order chi connectivity index (χ0) is 17.8. The van der Waals surface area contributed by atoms with Gasteiger partial charge in [0.1, 0.15) is 0 Å². The molecule has 2 aromatic rings. The molecule has 25 heavy (non-hydrogen) atoms. The fraction of sp³-hybridized carbons (Fsp3) is 0.222. The summed E-state index contributed by atoms with van der Waals surface area (Å²) >= 11 is 5.91. The molecule has 2 heterocycles. The zero-order valence-corrected chi connectivity index (χ0v) is 15.0. The number of halogens is 1. The molecule has 0 spiro atoms. The highest BCUT2D eigenvalue weighted by Gasteiger charge is 2.40. The summed E-state index contributed by atoms with van der Waals surface area (Å²) in [5.41, 5.74) is 2.82. The van der Waals surface area contributed by atoms with Gasteiger partial charge in [-0.15, -0.1) is 0 Å². The van der Waals surface area contributed by atoms with Gasteiger partial charge in [0.05, 0.1) is 22.0 Å². The minimum atomic E-state index is -3.41. The lowest BCUT2D eigenvalue weighted by Crippen LogP contribution is -2.42. The second kappa shape index (κ2) is 5.68. The highest BCUT2D eigenvalue weighted by Crippen LogP contribution is 2.35. The van der Waals surface area contributed by atoms with E-state index in [-0.39, 0.29) is 18.1 Å². The Balaban J connectivity index is 1.89. The smallest absolute Gasteiger partial charge is 0.248 e. The van der Waals surface area contributed by atoms with Gasteiger partial charge in [-0.05, 0) is 43.3 Å². The quantitative estimate of drug-likeness (QED) is 0.769. The maximum Gasteiger partial charge on any atom is 0.248 e. The van der Waals surface area contributed by atoms with Crippen molar-refractivity contribution in [1.29, 1.82) is 0 Å². The third-order valence-corrected chi connectivity index (χ3v) is 6.61. The molecule has 2 aliphatic rings. The number of carbonyl (C=O) groups is 1. The van der Waals surface area contributed by atoms with Gasteiger partial charge in [-0.1, -0.05) is 23.2 Å². The van der Waals surface area contributed by atoms with Crippen LogP contribution in [0.4, 0.5) is 5.69 Å². The van der Waals surface area contributed by atoms with Crippen molar-refractivity contribution >= 4 is 38.7 Å². The van der Waals surface area contributed by atoms with Gasteiger partial charge in [0.15, 0.2) is 9.84 Å². The Kier molecular flexibility index (Phi) is 3.70. The Bertz CT molecular complexity index is 1010. The molecule has 0 aromatic heterocycles. The highest BCUT2D eigenvalue weighted by molar-refractivity contribution is 7.91. The number of rotatable bonds is 1. The molecule has 1 unspecified atom stereocenters. The van der Waals surface area contributed by atoms with Crippen LogP contribution >= 0.6 is 11.6 Å². The number of anilines is 1. The van der Waals surface area contributed by atoms with Crippen LogP contribution in [0.25, 0.3) is 0 Å². The van der Waals surface area contributed by atoms with Crippen LogP contribution in [0.2, 0.25) is 5.02 Å². The normalized spacial score (nSPS) is 21.4. The average molecular weight is 375 g/mol. The monoisotopic (exact) mass is 374 g/mol. The van der Waals surface area contributed by atoms with E-state index in [0.29, 0.717) is 26.9 Å². The first-order valence-electron chi connectivity index (χ1n) is 7.86. The molecule has 4 rings (SSSR count). The molecule has 0 N–H and O–H groups in total. The highest BCUT2D eigenvalue weighted by atomic mass is 35.5. The van der Waals surface area contributed by atoms with Crippen LogP contribution < -0.4 is 5.01 Å². The number of fused-ring (bicyclic) bond motifs is 3. The van der Waals surface area contributed by atoms with Crippen LogP contribution in [0, 0.1) is 12.8 Å². The number of sulfone groups is 1. The third-order valence-electron chi connectivity index (χ3n) is 4.49. The number of aryl methyl sites for hydroxylation is 1. The molecule has 128 valence electrons. The van der Waals surface area contributed by atoms with Gasteiger partial charge < -0.3 is 0 Å². The van der Waals surface area contributed by atoms with Crippen molar-refractivity contribution in [2.24, 2.45) is 11.0 Å². The molecule has 1 amide bonds. The van der Waals surface area contributed by atoms with Gasteiger partial charge >= 0.3 is 0 Å². The Labute approximate surface area is 150 Å². The summed E-state index contributed by atoms with van der Waals surface area (Å²) in [6, 6.07) is 12.1. The maximum atomic E-state index is 12.5. The standard InChI is InChI=1S/C18H15ClN2O3S/c1-11-2-7-16-15(8-11)18-12(10-25(16,23)24)9-17(22)21(20-18)14-5-3-13(19)4-6-14/h2-8,12H,9-10H2,1H3. The first kappa shape index (κ1) is 16.3. The summed E-state index contributed by atoms with van der Waals surface area (Å²) in [5, 5.41) is 6.44. The lowest BCUT2D eigenvalue weighted by atomic mass is 9.92. The summed E-state index contributed by atoms with van der Waals surface area (Å²) in [7, 11) is -3.41. The molecule has 5 nitrogen and oxygen atoms in total. The molecule has 0 radical (unpaired) electrons. The summed E-state index contributed by atoms with van der Waals surface area (Å²) in [6.45, 7) is 1.90. The van der Waals surface area contributed by atoms with Crippen LogP contribution in [0.5, 0.6) is 0 Å². The Hall–Kier alpha value is -2.18. The fourth-order valence-corrected chi connectivity index (χ4v) is 5.19. The summed E-state index contributed by atoms with van der Waals surface area (Å²) in [6.07, 6.45) is 0.119. The number of nitrogens with zero attached hydrogens (tertiary/aromatic N) is 2. The van der Waals surface area contributed by atoms with Crippen LogP contribution in [0.1, 0.15) is 17.5 Å². The first-order chi connectivity index (χ1) is 11.8. The van der Waals surface area contributed by atoms with E-state index >= 15 is 0 Å². The predicted molar refractivity (Wildman–Crippen MR) is 96.8 cm³/mol. The van der Waals surface area contributed by atoms with E-state index in [4.69, 9.17) is 11.6 Å². The minimum absolute atomic E-state index is 0.0813. The Morgan fingerprint density at radius 1 is 1.16 bits per heavy atom. The van der Waals surface area contributed by atoms with Gasteiger partial charge in [0, 0.05) is 22.9 Å². The van der Waals surface area contributed by atoms with Crippen molar-refractivity contribution in [2.45, 2.75) is 18.2 Å². The maximum absolute atomic E-state index is 12.5. The predicted octanol–water partition coefficient (Wildman–Crippen LogP) is 3.19. The van der Waals surface area contributed by atoms with Crippen LogP contribution in [0.3, 0.4) is 0 Å². The second-order valence-electron chi connectivity index (χ2n) is 6.35. The fourth-order valence-electron chi connectivity index (χ4n) is 3.30. The van der Waals surface area contributed by atoms with Gasteiger partial charge in [-0.25, -0.2) is 13.4 Å². The Morgan fingerprint density at radius 2 is 1.88 bits per heavy atom. The molecule has 0 fully saturated rings. The molecular formula is C18H15ClN2O3S. The minimum Gasteiger partial charge on any atom is -0.273 e. The van der Waals surface area contributed by atoms with E-state index in [9.17, 15) is 13.2 Å². The first-order valence-corrected chi connectivity index (χ1v) is 9.89. The molecule has 7 heteroatoms. The van der Waals surface area contributed by atoms with Crippen molar-refractivity contribution < 1.29 is 13.2 Å². The van der Waals surface area contributed by atoms with Gasteiger partial charge in [0.2, 0.25) is 5.91 Å². The van der Waals surface area contributed by atoms with E-state index in [1.165, 1.54) is 5.01 Å². The molecule has 0 saturated heterocycles. The summed E-state index contributed by atoms with van der Waals surface area (Å²) in [4.78, 5) is 12.8. The van der Waals surface area contributed by atoms with E-state index in [2.05, 4.69) is 5.10 Å². The zero-order valence-electron chi connectivity index (χ0n) is 13.4. The van der Waals surface area contributed by atoms with Gasteiger partial charge in [0.25, 0.3) is 0 Å². The van der Waals surface area contributed by atoms with Crippen molar-refractivity contribution in [3.05, 3.63) is 58.6 Å². The van der Waals surface area contributed by atoms with Crippen LogP contribution in [-0.4, -0.2) is 25.8 Å². The van der Waals surface area contributed by atoms with Crippen LogP contribution in [0.15, 0.2) is 52.5 Å². The Morgan fingerprint density at radius 3 is 2.60 bits per heavy atom. The molecule has 1 atom stereocenters. The van der Waals surface area contributed by atoms with Crippen molar-refractivity contribution in [3.8, 4) is 0 Å². The van der Waals surface area contributed by atoms with Crippen LogP contribution in [-0.2, 0) is 14.6 Å². The number of hydrogen-bond donors (Lipinski definition) is 0. The number of hydrazone groups is 1. The molecular weight excluding hydrogens is 360 g/mol. The van der Waals surface area contributed by atoms with E-state index in [0.717, 1.165) is 5.56 Å². The number of carbonyl (C=O) groups excluding carboxylic acids is 1. The summed E-state index contributed by atoms with van der Waals surface area (Å²) < 4.78 is 25.1. The van der Waals surface area contributed by atoms with Gasteiger partial charge in [-0.3, -0.25) is 4.79 Å². The van der Waals surface area contributed by atoms with Crippen molar-refractivity contribution in [3.63, 3.8) is 0 Å². The lowest BCUT2D eigenvalue weighted by Gasteiger charge is -2.33. The molecule has 0 aliphatic carbocycles. The van der Waals surface area contributed by atoms with Crippen molar-refractivity contribution in [2.75, 3.05) is 10.8 Å². The number of amides is 1. The van der Waals surface area contributed by atoms with Gasteiger partial charge in [-0.2, -0.15) is 5.10 Å². The number of hydrogen-bond acceptors (Lipinski definition) is 4. The van der Waals surface area contributed by atoms with E-state index in [1.807, 2.05) is 13.0 Å². The molecule has 0 bridgehead atoms. The van der Waals surface area contributed by atoms with E-state index in [1.54, 1.807) is 36.4 Å². The van der Waals surface area contributed by atoms with E-state index < -0.39 is 15.8 Å². The molecule has 2 aromatic carbocycles. The third kappa shape index (κ3) is 2.75. The average Bonchev–Trinajstić information content (AvgIpc) is 2.55. The second-order valence-corrected chi connectivity index (χ2v) is 8.79. The topological polar surface area (TPSA) is 66.8 Å².